The van der Waals surface area contributed by atoms with E-state index in [2.05, 4.69) is 4.98 Å². The lowest BCUT2D eigenvalue weighted by Gasteiger charge is -2.24. The van der Waals surface area contributed by atoms with Crippen LogP contribution in [0, 0.1) is 11.3 Å². The zero-order valence-electron chi connectivity index (χ0n) is 19.3. The molecule has 0 saturated carbocycles. The van der Waals surface area contributed by atoms with Gasteiger partial charge in [0.2, 0.25) is 5.91 Å². The maximum atomic E-state index is 12.4. The molecule has 1 aromatic heterocycles. The van der Waals surface area contributed by atoms with Gasteiger partial charge < -0.3 is 14.9 Å². The third-order valence-corrected chi connectivity index (χ3v) is 4.47. The highest BCUT2D eigenvalue weighted by atomic mass is 16.4. The molecule has 30 heavy (non-hydrogen) atoms. The van der Waals surface area contributed by atoms with Gasteiger partial charge in [-0.1, -0.05) is 41.5 Å². The Hall–Kier alpha value is -2.66. The van der Waals surface area contributed by atoms with Crippen molar-refractivity contribution in [1.82, 2.24) is 14.8 Å². The van der Waals surface area contributed by atoms with Crippen molar-refractivity contribution in [2.75, 3.05) is 37.7 Å². The summed E-state index contributed by atoms with van der Waals surface area (Å²) in [6.07, 6.45) is 2.80. The van der Waals surface area contributed by atoms with Gasteiger partial charge in [-0.15, -0.1) is 0 Å². The highest BCUT2D eigenvalue weighted by molar-refractivity contribution is 5.85. The van der Waals surface area contributed by atoms with E-state index in [9.17, 15) is 14.7 Å². The topological polar surface area (TPSA) is 101 Å². The van der Waals surface area contributed by atoms with Crippen LogP contribution in [0.2, 0.25) is 0 Å². The number of carboxylic acid groups (broad SMARTS) is 1. The van der Waals surface area contributed by atoms with Gasteiger partial charge in [0, 0.05) is 25.8 Å². The summed E-state index contributed by atoms with van der Waals surface area (Å²) in [5.74, 6) is -0.284. The van der Waals surface area contributed by atoms with E-state index >= 15 is 0 Å². The molecular weight excluding hydrogens is 382 g/mol. The highest BCUT2D eigenvalue weighted by Gasteiger charge is 2.35. The molecule has 1 amide bonds. The third kappa shape index (κ3) is 7.64. The molecule has 0 spiro atoms. The number of rotatable bonds is 4. The minimum atomic E-state index is -0.925. The number of hydrogen-bond donors (Lipinski definition) is 1. The van der Waals surface area contributed by atoms with Crippen LogP contribution in [0.4, 0.5) is 5.82 Å². The lowest BCUT2D eigenvalue weighted by Crippen LogP contribution is -2.45. The molecule has 8 heteroatoms. The first-order chi connectivity index (χ1) is 14.6. The molecule has 168 valence electrons. The van der Waals surface area contributed by atoms with Crippen molar-refractivity contribution in [2.24, 2.45) is 0 Å². The average molecular weight is 420 g/mol. The number of anilines is 1. The van der Waals surface area contributed by atoms with Gasteiger partial charge in [0.1, 0.15) is 17.9 Å². The molecule has 1 N–H and O–H groups in total. The van der Waals surface area contributed by atoms with Gasteiger partial charge in [0.25, 0.3) is 0 Å². The molecule has 0 aromatic carbocycles. The Kier molecular flexibility index (Phi) is 13.9. The van der Waals surface area contributed by atoms with Crippen molar-refractivity contribution in [3.8, 4) is 6.07 Å². The van der Waals surface area contributed by atoms with Crippen LogP contribution in [0.1, 0.15) is 59.9 Å². The molecule has 1 unspecified atom stereocenters. The SMILES string of the molecule is CC.CC.CC.N#Cc1ccc(N2CCN(CC(=O)N3CCCC3C(=O)O)C2)nc1. The van der Waals surface area contributed by atoms with E-state index in [0.717, 1.165) is 25.3 Å². The second kappa shape index (κ2) is 15.2. The number of carbonyl (C=O) groups excluding carboxylic acids is 1. The molecule has 3 heterocycles. The second-order valence-corrected chi connectivity index (χ2v) is 6.06. The summed E-state index contributed by atoms with van der Waals surface area (Å²) in [5, 5.41) is 18.0. The van der Waals surface area contributed by atoms with Crippen molar-refractivity contribution in [2.45, 2.75) is 60.4 Å². The molecular formula is C22H37N5O3. The zero-order valence-corrected chi connectivity index (χ0v) is 19.3. The number of aliphatic carboxylic acids is 1. The fourth-order valence-corrected chi connectivity index (χ4v) is 3.20. The Morgan fingerprint density at radius 3 is 2.33 bits per heavy atom. The van der Waals surface area contributed by atoms with Gasteiger partial charge in [-0.3, -0.25) is 9.69 Å². The molecule has 2 aliphatic heterocycles. The first-order valence-corrected chi connectivity index (χ1v) is 10.9. The number of aromatic nitrogens is 1. The van der Waals surface area contributed by atoms with E-state index in [1.165, 1.54) is 11.1 Å². The quantitative estimate of drug-likeness (QED) is 0.800. The third-order valence-electron chi connectivity index (χ3n) is 4.47. The van der Waals surface area contributed by atoms with Crippen molar-refractivity contribution in [3.05, 3.63) is 23.9 Å². The normalized spacial score (nSPS) is 17.4. The molecule has 0 bridgehead atoms. The Labute approximate surface area is 181 Å². The highest BCUT2D eigenvalue weighted by Crippen LogP contribution is 2.19. The minimum absolute atomic E-state index is 0.130. The molecule has 2 saturated heterocycles. The summed E-state index contributed by atoms with van der Waals surface area (Å²) < 4.78 is 0. The summed E-state index contributed by atoms with van der Waals surface area (Å²) >= 11 is 0. The monoisotopic (exact) mass is 419 g/mol. The van der Waals surface area contributed by atoms with E-state index < -0.39 is 12.0 Å². The number of nitrogens with zero attached hydrogens (tertiary/aromatic N) is 5. The minimum Gasteiger partial charge on any atom is -0.480 e. The number of nitriles is 1. The lowest BCUT2D eigenvalue weighted by atomic mass is 10.2. The first kappa shape index (κ1) is 27.3. The summed E-state index contributed by atoms with van der Waals surface area (Å²) in [7, 11) is 0. The summed E-state index contributed by atoms with van der Waals surface area (Å²) in [6, 6.07) is 4.87. The van der Waals surface area contributed by atoms with Crippen LogP contribution >= 0.6 is 0 Å². The summed E-state index contributed by atoms with van der Waals surface area (Å²) in [6.45, 7) is 14.8. The molecule has 2 fully saturated rings. The Bertz CT molecular complexity index is 672. The van der Waals surface area contributed by atoms with Crippen LogP contribution in [0.3, 0.4) is 0 Å². The van der Waals surface area contributed by atoms with E-state index in [4.69, 9.17) is 5.26 Å². The smallest absolute Gasteiger partial charge is 0.326 e. The van der Waals surface area contributed by atoms with Crippen LogP contribution in [-0.4, -0.2) is 70.7 Å². The van der Waals surface area contributed by atoms with Gasteiger partial charge in [-0.05, 0) is 25.0 Å². The molecule has 0 aliphatic carbocycles. The Morgan fingerprint density at radius 2 is 1.80 bits per heavy atom. The Morgan fingerprint density at radius 1 is 1.13 bits per heavy atom. The molecule has 8 nitrogen and oxygen atoms in total. The first-order valence-electron chi connectivity index (χ1n) is 10.9. The summed E-state index contributed by atoms with van der Waals surface area (Å²) in [5.41, 5.74) is 0.513. The van der Waals surface area contributed by atoms with Crippen molar-refractivity contribution in [3.63, 3.8) is 0 Å². The van der Waals surface area contributed by atoms with E-state index in [0.29, 0.717) is 25.2 Å². The number of carboxylic acids is 1. The number of pyridine rings is 1. The maximum absolute atomic E-state index is 12.4. The van der Waals surface area contributed by atoms with Crippen LogP contribution in [0.25, 0.3) is 0 Å². The van der Waals surface area contributed by atoms with Crippen LogP contribution in [0.5, 0.6) is 0 Å². The molecule has 3 rings (SSSR count). The number of carbonyl (C=O) groups is 2. The summed E-state index contributed by atoms with van der Waals surface area (Å²) in [4.78, 5) is 33.3. The van der Waals surface area contributed by atoms with Crippen molar-refractivity contribution < 1.29 is 14.7 Å². The predicted molar refractivity (Wildman–Crippen MR) is 119 cm³/mol. The van der Waals surface area contributed by atoms with Gasteiger partial charge in [0.15, 0.2) is 0 Å². The van der Waals surface area contributed by atoms with Crippen LogP contribution in [0.15, 0.2) is 18.3 Å². The fourth-order valence-electron chi connectivity index (χ4n) is 3.20. The molecule has 1 aromatic rings. The van der Waals surface area contributed by atoms with Crippen LogP contribution in [-0.2, 0) is 9.59 Å². The molecule has 1 atom stereocenters. The largest absolute Gasteiger partial charge is 0.480 e. The zero-order chi connectivity index (χ0) is 23.1. The van der Waals surface area contributed by atoms with Gasteiger partial charge >= 0.3 is 5.97 Å². The fraction of sp³-hybridized carbons (Fsp3) is 0.636. The van der Waals surface area contributed by atoms with Gasteiger partial charge in [-0.25, -0.2) is 9.78 Å². The van der Waals surface area contributed by atoms with Crippen molar-refractivity contribution >= 4 is 17.7 Å². The lowest BCUT2D eigenvalue weighted by molar-refractivity contribution is -0.148. The van der Waals surface area contributed by atoms with Crippen molar-refractivity contribution in [1.29, 1.82) is 5.26 Å². The van der Waals surface area contributed by atoms with Gasteiger partial charge in [0.05, 0.1) is 18.8 Å². The Balaban J connectivity index is 0.00000129. The van der Waals surface area contributed by atoms with Crippen LogP contribution < -0.4 is 4.90 Å². The number of likely N-dealkylation sites (tertiary alicyclic amines) is 1. The van der Waals surface area contributed by atoms with Gasteiger partial charge in [-0.2, -0.15) is 5.26 Å². The van der Waals surface area contributed by atoms with E-state index in [-0.39, 0.29) is 12.5 Å². The molecule has 0 radical (unpaired) electrons. The van der Waals surface area contributed by atoms with E-state index in [1.807, 2.05) is 57.4 Å². The second-order valence-electron chi connectivity index (χ2n) is 6.06. The standard InChI is InChI=1S/C16H19N5O3.3C2H6/c17-8-12-3-4-14(18-9-12)20-7-6-19(11-20)10-15(22)21-5-1-2-13(21)16(23)24;3*1-2/h3-4,9,13H,1-2,5-7,10-11H2,(H,23,24);3*1-2H3. The number of amides is 1. The number of hydrogen-bond acceptors (Lipinski definition) is 6. The van der Waals surface area contributed by atoms with E-state index in [1.54, 1.807) is 12.1 Å². The molecule has 2 aliphatic rings. The maximum Gasteiger partial charge on any atom is 0.326 e. The predicted octanol–water partition coefficient (Wildman–Crippen LogP) is 3.19. The average Bonchev–Trinajstić information content (AvgIpc) is 3.48.